The molecular weight excluding hydrogens is 338 g/mol. The van der Waals surface area contributed by atoms with Crippen LogP contribution in [0.4, 0.5) is 20.4 Å². The number of amides is 1. The molecule has 1 heterocycles. The van der Waals surface area contributed by atoms with Crippen molar-refractivity contribution in [2.24, 2.45) is 0 Å². The van der Waals surface area contributed by atoms with Gasteiger partial charge in [0.1, 0.15) is 5.69 Å². The van der Waals surface area contributed by atoms with Crippen LogP contribution in [-0.4, -0.2) is 22.4 Å². The second kappa shape index (κ2) is 8.15. The number of nitrogens with zero attached hydrogens (tertiary/aromatic N) is 2. The molecule has 132 valence electrons. The standard InChI is InChI=1S/C19H16F2N4O/c20-15-7-6-14(12-16(15)21)24-18(26)17-9-11-23-19(25-17)22-10-8-13-4-2-1-3-5-13/h1-7,9,11-12H,8,10H2,(H,24,26)(H,22,23,25). The van der Waals surface area contributed by atoms with Gasteiger partial charge >= 0.3 is 0 Å². The van der Waals surface area contributed by atoms with Crippen molar-refractivity contribution < 1.29 is 13.6 Å². The van der Waals surface area contributed by atoms with E-state index in [4.69, 9.17) is 0 Å². The minimum atomic E-state index is -1.03. The van der Waals surface area contributed by atoms with Crippen LogP contribution >= 0.6 is 0 Å². The maximum atomic E-state index is 13.2. The lowest BCUT2D eigenvalue weighted by Gasteiger charge is -2.08. The zero-order chi connectivity index (χ0) is 18.4. The van der Waals surface area contributed by atoms with Gasteiger partial charge < -0.3 is 10.6 Å². The first kappa shape index (κ1) is 17.5. The molecule has 0 saturated heterocycles. The van der Waals surface area contributed by atoms with Gasteiger partial charge in [-0.15, -0.1) is 0 Å². The van der Waals surface area contributed by atoms with Crippen molar-refractivity contribution in [2.45, 2.75) is 6.42 Å². The van der Waals surface area contributed by atoms with Gasteiger partial charge in [-0.05, 0) is 30.2 Å². The molecule has 26 heavy (non-hydrogen) atoms. The average Bonchev–Trinajstić information content (AvgIpc) is 2.66. The molecule has 0 radical (unpaired) electrons. The topological polar surface area (TPSA) is 66.9 Å². The van der Waals surface area contributed by atoms with E-state index in [2.05, 4.69) is 20.6 Å². The van der Waals surface area contributed by atoms with Gasteiger partial charge in [0.2, 0.25) is 5.95 Å². The van der Waals surface area contributed by atoms with E-state index in [9.17, 15) is 13.6 Å². The molecule has 2 aromatic carbocycles. The van der Waals surface area contributed by atoms with Gasteiger partial charge in [-0.3, -0.25) is 4.79 Å². The molecule has 2 N–H and O–H groups in total. The van der Waals surface area contributed by atoms with Crippen LogP contribution in [0.3, 0.4) is 0 Å². The molecule has 3 rings (SSSR count). The molecule has 0 aliphatic carbocycles. The number of hydrogen-bond acceptors (Lipinski definition) is 4. The zero-order valence-corrected chi connectivity index (χ0v) is 13.7. The highest BCUT2D eigenvalue weighted by atomic mass is 19.2. The quantitative estimate of drug-likeness (QED) is 0.709. The van der Waals surface area contributed by atoms with Crippen LogP contribution in [0.5, 0.6) is 0 Å². The normalized spacial score (nSPS) is 10.4. The zero-order valence-electron chi connectivity index (χ0n) is 13.7. The van der Waals surface area contributed by atoms with Gasteiger partial charge in [0.05, 0.1) is 0 Å². The molecule has 0 atom stereocenters. The summed E-state index contributed by atoms with van der Waals surface area (Å²) in [5, 5.41) is 5.53. The third-order valence-corrected chi connectivity index (χ3v) is 3.61. The maximum absolute atomic E-state index is 13.2. The molecule has 0 bridgehead atoms. The molecule has 5 nitrogen and oxygen atoms in total. The predicted molar refractivity (Wildman–Crippen MR) is 95.0 cm³/mol. The first-order valence-corrected chi connectivity index (χ1v) is 7.99. The van der Waals surface area contributed by atoms with Crippen LogP contribution in [-0.2, 0) is 6.42 Å². The smallest absolute Gasteiger partial charge is 0.274 e. The summed E-state index contributed by atoms with van der Waals surface area (Å²) in [6.45, 7) is 0.609. The Labute approximate surface area is 149 Å². The Morgan fingerprint density at radius 2 is 1.81 bits per heavy atom. The molecule has 0 spiro atoms. The van der Waals surface area contributed by atoms with E-state index in [0.717, 1.165) is 18.6 Å². The van der Waals surface area contributed by atoms with Crippen molar-refractivity contribution in [3.63, 3.8) is 0 Å². The van der Waals surface area contributed by atoms with E-state index in [1.807, 2.05) is 30.3 Å². The van der Waals surface area contributed by atoms with Crippen LogP contribution in [0.2, 0.25) is 0 Å². The SMILES string of the molecule is O=C(Nc1ccc(F)c(F)c1)c1ccnc(NCCc2ccccc2)n1. The van der Waals surface area contributed by atoms with E-state index in [1.54, 1.807) is 0 Å². The Hall–Kier alpha value is -3.35. The van der Waals surface area contributed by atoms with Crippen LogP contribution in [0, 0.1) is 11.6 Å². The fourth-order valence-corrected chi connectivity index (χ4v) is 2.30. The number of anilines is 2. The van der Waals surface area contributed by atoms with Gasteiger partial charge in [0.25, 0.3) is 5.91 Å². The summed E-state index contributed by atoms with van der Waals surface area (Å²) in [5.41, 5.74) is 1.44. The number of carbonyl (C=O) groups is 1. The van der Waals surface area contributed by atoms with Crippen LogP contribution in [0.15, 0.2) is 60.8 Å². The molecule has 1 aromatic heterocycles. The summed E-state index contributed by atoms with van der Waals surface area (Å²) in [6.07, 6.45) is 2.24. The lowest BCUT2D eigenvalue weighted by atomic mass is 10.1. The summed E-state index contributed by atoms with van der Waals surface area (Å²) in [4.78, 5) is 20.4. The first-order chi connectivity index (χ1) is 12.6. The highest BCUT2D eigenvalue weighted by Crippen LogP contribution is 2.14. The summed E-state index contributed by atoms with van der Waals surface area (Å²) in [7, 11) is 0. The van der Waals surface area contributed by atoms with Gasteiger partial charge in [-0.2, -0.15) is 0 Å². The molecule has 0 saturated carbocycles. The monoisotopic (exact) mass is 354 g/mol. The molecule has 1 amide bonds. The second-order valence-corrected chi connectivity index (χ2v) is 5.51. The van der Waals surface area contributed by atoms with Crippen molar-refractivity contribution in [3.8, 4) is 0 Å². The minimum Gasteiger partial charge on any atom is -0.354 e. The van der Waals surface area contributed by atoms with Gasteiger partial charge in [-0.1, -0.05) is 30.3 Å². The molecule has 0 aliphatic rings. The summed E-state index contributed by atoms with van der Waals surface area (Å²) < 4.78 is 26.2. The van der Waals surface area contributed by atoms with Crippen molar-refractivity contribution in [3.05, 3.63) is 83.7 Å². The lowest BCUT2D eigenvalue weighted by Crippen LogP contribution is -2.16. The van der Waals surface area contributed by atoms with Gasteiger partial charge in [0, 0.05) is 24.5 Å². The summed E-state index contributed by atoms with van der Waals surface area (Å²) in [6, 6.07) is 14.5. The van der Waals surface area contributed by atoms with E-state index in [1.165, 1.54) is 23.9 Å². The van der Waals surface area contributed by atoms with Gasteiger partial charge in [-0.25, -0.2) is 18.7 Å². The summed E-state index contributed by atoms with van der Waals surface area (Å²) >= 11 is 0. The first-order valence-electron chi connectivity index (χ1n) is 7.99. The average molecular weight is 354 g/mol. The number of carbonyl (C=O) groups excluding carboxylic acids is 1. The molecule has 0 aliphatic heterocycles. The number of rotatable bonds is 6. The third-order valence-electron chi connectivity index (χ3n) is 3.61. The maximum Gasteiger partial charge on any atom is 0.274 e. The van der Waals surface area contributed by atoms with Crippen molar-refractivity contribution in [1.29, 1.82) is 0 Å². The van der Waals surface area contributed by atoms with Crippen LogP contribution in [0.25, 0.3) is 0 Å². The number of aromatic nitrogens is 2. The molecule has 0 fully saturated rings. The Morgan fingerprint density at radius 1 is 1.00 bits per heavy atom. The molecule has 0 unspecified atom stereocenters. The van der Waals surface area contributed by atoms with Crippen LogP contribution < -0.4 is 10.6 Å². The Bertz CT molecular complexity index is 903. The largest absolute Gasteiger partial charge is 0.354 e. The fourth-order valence-electron chi connectivity index (χ4n) is 2.30. The van der Waals surface area contributed by atoms with Crippen molar-refractivity contribution in [1.82, 2.24) is 9.97 Å². The summed E-state index contributed by atoms with van der Waals surface area (Å²) in [5.74, 6) is -2.23. The number of halogens is 2. The highest BCUT2D eigenvalue weighted by molar-refractivity contribution is 6.02. The highest BCUT2D eigenvalue weighted by Gasteiger charge is 2.11. The van der Waals surface area contributed by atoms with Crippen molar-refractivity contribution in [2.75, 3.05) is 17.2 Å². The second-order valence-electron chi connectivity index (χ2n) is 5.51. The Morgan fingerprint density at radius 3 is 2.58 bits per heavy atom. The molecular formula is C19H16F2N4O. The number of hydrogen-bond donors (Lipinski definition) is 2. The number of benzene rings is 2. The molecule has 7 heteroatoms. The van der Waals surface area contributed by atoms with Gasteiger partial charge in [0.15, 0.2) is 11.6 Å². The van der Waals surface area contributed by atoms with E-state index < -0.39 is 17.5 Å². The van der Waals surface area contributed by atoms with E-state index in [-0.39, 0.29) is 11.4 Å². The third kappa shape index (κ3) is 4.60. The van der Waals surface area contributed by atoms with E-state index in [0.29, 0.717) is 12.5 Å². The minimum absolute atomic E-state index is 0.118. The van der Waals surface area contributed by atoms with E-state index >= 15 is 0 Å². The Kier molecular flexibility index (Phi) is 5.48. The molecule has 3 aromatic rings. The number of nitrogens with one attached hydrogen (secondary N) is 2. The Balaban J connectivity index is 1.60. The predicted octanol–water partition coefficient (Wildman–Crippen LogP) is 3.66. The lowest BCUT2D eigenvalue weighted by molar-refractivity contribution is 0.102. The fraction of sp³-hybridized carbons (Fsp3) is 0.105. The van der Waals surface area contributed by atoms with Crippen LogP contribution in [0.1, 0.15) is 16.1 Å². The van der Waals surface area contributed by atoms with Crippen molar-refractivity contribution >= 4 is 17.5 Å².